The lowest BCUT2D eigenvalue weighted by molar-refractivity contribution is 0.320. The molecule has 0 saturated carbocycles. The number of nitrogens with zero attached hydrogens (tertiary/aromatic N) is 1. The summed E-state index contributed by atoms with van der Waals surface area (Å²) >= 11 is 0. The number of rotatable bonds is 2. The van der Waals surface area contributed by atoms with Crippen LogP contribution in [0.5, 0.6) is 0 Å². The molecule has 2 aromatic carbocycles. The summed E-state index contributed by atoms with van der Waals surface area (Å²) in [6.07, 6.45) is 0. The molecule has 0 aliphatic rings. The van der Waals surface area contributed by atoms with E-state index in [0.717, 1.165) is 5.56 Å². The van der Waals surface area contributed by atoms with Gasteiger partial charge in [-0.3, -0.25) is 0 Å². The van der Waals surface area contributed by atoms with Gasteiger partial charge in [0, 0.05) is 5.56 Å². The Morgan fingerprint density at radius 2 is 1.58 bits per heavy atom. The quantitative estimate of drug-likeness (QED) is 0.396. The van der Waals surface area contributed by atoms with E-state index in [-0.39, 0.29) is 9.94 Å². The van der Waals surface area contributed by atoms with Crippen molar-refractivity contribution in [3.63, 3.8) is 0 Å². The van der Waals surface area contributed by atoms with Crippen LogP contribution in [0.1, 0.15) is 11.1 Å². The van der Waals surface area contributed by atoms with E-state index in [1.807, 2.05) is 6.92 Å². The van der Waals surface area contributed by atoms with Gasteiger partial charge < -0.3 is 5.21 Å². The molecule has 0 radical (unpaired) electrons. The van der Waals surface area contributed by atoms with E-state index in [2.05, 4.69) is 5.16 Å². The van der Waals surface area contributed by atoms with Crippen molar-refractivity contribution in [2.45, 2.75) is 11.8 Å². The largest absolute Gasteiger partial charge is 0.410 e. The zero-order chi connectivity index (χ0) is 13.9. The number of aryl methyl sites for hydroxylation is 1. The van der Waals surface area contributed by atoms with E-state index in [4.69, 9.17) is 5.21 Å². The van der Waals surface area contributed by atoms with Crippen molar-refractivity contribution in [1.82, 2.24) is 0 Å². The molecule has 0 heterocycles. The molecule has 0 atom stereocenters. The Morgan fingerprint density at radius 1 is 1.00 bits per heavy atom. The van der Waals surface area contributed by atoms with E-state index >= 15 is 0 Å². The third-order valence-electron chi connectivity index (χ3n) is 2.70. The van der Waals surface area contributed by atoms with Crippen LogP contribution < -0.4 is 0 Å². The third kappa shape index (κ3) is 2.66. The van der Waals surface area contributed by atoms with Crippen molar-refractivity contribution in [3.05, 3.63) is 65.7 Å². The molecule has 0 aromatic heterocycles. The number of hydrogen-bond donors (Lipinski definition) is 1. The number of hydrogen-bond acceptors (Lipinski definition) is 4. The van der Waals surface area contributed by atoms with Crippen molar-refractivity contribution < 1.29 is 13.6 Å². The monoisotopic (exact) mass is 275 g/mol. The van der Waals surface area contributed by atoms with Crippen LogP contribution in [0.25, 0.3) is 0 Å². The van der Waals surface area contributed by atoms with Crippen LogP contribution >= 0.6 is 0 Å². The van der Waals surface area contributed by atoms with Crippen molar-refractivity contribution in [2.24, 2.45) is 5.16 Å². The summed E-state index contributed by atoms with van der Waals surface area (Å²) in [6, 6.07) is 14.7. The fourth-order valence-electron chi connectivity index (χ4n) is 1.68. The van der Waals surface area contributed by atoms with Crippen LogP contribution in [0.2, 0.25) is 0 Å². The zero-order valence-electron chi connectivity index (χ0n) is 10.3. The first-order valence-electron chi connectivity index (χ1n) is 5.65. The van der Waals surface area contributed by atoms with Gasteiger partial charge in [0.1, 0.15) is 0 Å². The molecule has 2 rings (SSSR count). The van der Waals surface area contributed by atoms with Gasteiger partial charge >= 0.3 is 0 Å². The molecule has 0 aliphatic heterocycles. The number of benzene rings is 2. The molecule has 1 N–H and O–H groups in total. The topological polar surface area (TPSA) is 66.7 Å². The molecule has 2 aromatic rings. The molecular formula is C14H13NO3S. The molecule has 0 spiro atoms. The van der Waals surface area contributed by atoms with Crippen molar-refractivity contribution in [2.75, 3.05) is 0 Å². The molecule has 4 nitrogen and oxygen atoms in total. The maximum Gasteiger partial charge on any atom is 0.227 e. The highest BCUT2D eigenvalue weighted by Crippen LogP contribution is 2.17. The summed E-state index contributed by atoms with van der Waals surface area (Å²) in [7, 11) is -3.82. The average Bonchev–Trinajstić information content (AvgIpc) is 2.41. The summed E-state index contributed by atoms with van der Waals surface area (Å²) in [5.41, 5.74) is 1.31. The molecular weight excluding hydrogens is 262 g/mol. The molecule has 0 amide bonds. The van der Waals surface area contributed by atoms with Crippen molar-refractivity contribution in [3.8, 4) is 0 Å². The highest BCUT2D eigenvalue weighted by atomic mass is 32.2. The minimum absolute atomic E-state index is 0.106. The lowest BCUT2D eigenvalue weighted by atomic mass is 10.2. The Kier molecular flexibility index (Phi) is 3.66. The first-order valence-corrected chi connectivity index (χ1v) is 7.13. The molecule has 5 heteroatoms. The van der Waals surface area contributed by atoms with E-state index in [0.29, 0.717) is 5.56 Å². The Labute approximate surface area is 111 Å². The zero-order valence-corrected chi connectivity index (χ0v) is 11.1. The van der Waals surface area contributed by atoms with Crippen molar-refractivity contribution >= 4 is 14.9 Å². The van der Waals surface area contributed by atoms with Gasteiger partial charge in [-0.1, -0.05) is 53.2 Å². The number of sulfone groups is 1. The first kappa shape index (κ1) is 13.3. The van der Waals surface area contributed by atoms with E-state index in [9.17, 15) is 8.42 Å². The van der Waals surface area contributed by atoms with Crippen LogP contribution in [-0.2, 0) is 9.84 Å². The van der Waals surface area contributed by atoms with E-state index in [1.165, 1.54) is 12.1 Å². The second-order valence-corrected chi connectivity index (χ2v) is 5.95. The maximum absolute atomic E-state index is 12.4. The highest BCUT2D eigenvalue weighted by molar-refractivity contribution is 8.07. The predicted octanol–water partition coefficient (Wildman–Crippen LogP) is 2.60. The maximum atomic E-state index is 12.4. The second-order valence-electron chi connectivity index (χ2n) is 4.09. The van der Waals surface area contributed by atoms with Gasteiger partial charge in [0.2, 0.25) is 14.9 Å². The summed E-state index contributed by atoms with van der Waals surface area (Å²) in [6.45, 7) is 1.87. The van der Waals surface area contributed by atoms with Crippen LogP contribution in [0.3, 0.4) is 0 Å². The Hall–Kier alpha value is -2.14. The third-order valence-corrected chi connectivity index (χ3v) is 4.42. The fraction of sp³-hybridized carbons (Fsp3) is 0.0714. The molecule has 0 bridgehead atoms. The smallest absolute Gasteiger partial charge is 0.227 e. The van der Waals surface area contributed by atoms with Gasteiger partial charge in [0.15, 0.2) is 0 Å². The molecule has 0 fully saturated rings. The van der Waals surface area contributed by atoms with Crippen LogP contribution in [0, 0.1) is 6.92 Å². The van der Waals surface area contributed by atoms with Crippen LogP contribution in [-0.4, -0.2) is 18.7 Å². The van der Waals surface area contributed by atoms with Gasteiger partial charge in [-0.15, -0.1) is 0 Å². The minimum Gasteiger partial charge on any atom is -0.410 e. The lowest BCUT2D eigenvalue weighted by Crippen LogP contribution is -2.16. The van der Waals surface area contributed by atoms with Crippen LogP contribution in [0.4, 0.5) is 0 Å². The Balaban J connectivity index is 2.52. The van der Waals surface area contributed by atoms with Gasteiger partial charge in [-0.05, 0) is 19.1 Å². The minimum atomic E-state index is -3.82. The molecule has 98 valence electrons. The Bertz CT molecular complexity index is 689. The average molecular weight is 275 g/mol. The van der Waals surface area contributed by atoms with Gasteiger partial charge in [-0.2, -0.15) is 0 Å². The SMILES string of the molecule is Cc1ccc(S(=O)(=O)/C(=N/O)c2ccccc2)cc1. The van der Waals surface area contributed by atoms with Gasteiger partial charge in [0.05, 0.1) is 4.90 Å². The fourth-order valence-corrected chi connectivity index (χ4v) is 2.95. The van der Waals surface area contributed by atoms with Gasteiger partial charge in [0.25, 0.3) is 0 Å². The summed E-state index contributed by atoms with van der Waals surface area (Å²) in [5.74, 6) is 0. The van der Waals surface area contributed by atoms with E-state index in [1.54, 1.807) is 42.5 Å². The summed E-state index contributed by atoms with van der Waals surface area (Å²) < 4.78 is 24.8. The second kappa shape index (κ2) is 5.24. The molecule has 0 aliphatic carbocycles. The molecule has 19 heavy (non-hydrogen) atoms. The first-order chi connectivity index (χ1) is 9.05. The number of oxime groups is 1. The van der Waals surface area contributed by atoms with E-state index < -0.39 is 9.84 Å². The molecule has 0 saturated heterocycles. The van der Waals surface area contributed by atoms with Crippen LogP contribution in [0.15, 0.2) is 64.6 Å². The molecule has 0 unspecified atom stereocenters. The predicted molar refractivity (Wildman–Crippen MR) is 73.1 cm³/mol. The highest BCUT2D eigenvalue weighted by Gasteiger charge is 2.24. The summed E-state index contributed by atoms with van der Waals surface area (Å²) in [4.78, 5) is 0.106. The standard InChI is InChI=1S/C14H13NO3S/c1-11-7-9-13(10-8-11)19(17,18)14(15-16)12-5-3-2-4-6-12/h2-10,16H,1H3/b15-14+. The Morgan fingerprint density at radius 3 is 2.11 bits per heavy atom. The van der Waals surface area contributed by atoms with Crippen molar-refractivity contribution in [1.29, 1.82) is 0 Å². The van der Waals surface area contributed by atoms with Gasteiger partial charge in [-0.25, -0.2) is 8.42 Å². The lowest BCUT2D eigenvalue weighted by Gasteiger charge is -2.06. The normalized spacial score (nSPS) is 12.4. The summed E-state index contributed by atoms with van der Waals surface area (Å²) in [5, 5.41) is 11.6.